The largest absolute Gasteiger partial charge is 0.550 e. The van der Waals surface area contributed by atoms with Crippen LogP contribution >= 0.6 is 0 Å². The Kier molecular flexibility index (Phi) is 5.25. The number of methoxy groups -OCH3 is 2. The van der Waals surface area contributed by atoms with E-state index in [9.17, 15) is 14.7 Å². The van der Waals surface area contributed by atoms with Crippen molar-refractivity contribution in [3.8, 4) is 11.5 Å². The zero-order valence-corrected chi connectivity index (χ0v) is 12.8. The second kappa shape index (κ2) is 7.15. The second-order valence-corrected chi connectivity index (χ2v) is 5.38. The number of carboxylic acid groups (broad SMARTS) is 1. The molecule has 6 heteroatoms. The number of rotatable bonds is 5. The Hall–Kier alpha value is -2.24. The van der Waals surface area contributed by atoms with Crippen molar-refractivity contribution in [2.45, 2.75) is 25.7 Å². The van der Waals surface area contributed by atoms with E-state index in [1.807, 2.05) is 0 Å². The van der Waals surface area contributed by atoms with Crippen LogP contribution in [-0.4, -0.2) is 26.1 Å². The number of aliphatic carboxylic acids is 1. The number of anilines is 1. The van der Waals surface area contributed by atoms with Gasteiger partial charge in [0.15, 0.2) is 11.5 Å². The van der Waals surface area contributed by atoms with Crippen LogP contribution in [0.2, 0.25) is 0 Å². The van der Waals surface area contributed by atoms with Gasteiger partial charge in [0.05, 0.1) is 14.2 Å². The maximum Gasteiger partial charge on any atom is 0.228 e. The predicted molar refractivity (Wildman–Crippen MR) is 78.6 cm³/mol. The summed E-state index contributed by atoms with van der Waals surface area (Å²) in [6.07, 6.45) is 2.73. The SMILES string of the molecule is COc1ccc(NC(=O)[C@H]2CCCC[C@H]2C(=O)[O-])cc1OC. The predicted octanol–water partition coefficient (Wildman–Crippen LogP) is 1.20. The van der Waals surface area contributed by atoms with E-state index in [1.54, 1.807) is 18.2 Å². The molecule has 0 bridgehead atoms. The number of carboxylic acids is 1. The Morgan fingerprint density at radius 2 is 1.73 bits per heavy atom. The van der Waals surface area contributed by atoms with Gasteiger partial charge >= 0.3 is 0 Å². The monoisotopic (exact) mass is 306 g/mol. The highest BCUT2D eigenvalue weighted by Gasteiger charge is 2.31. The first kappa shape index (κ1) is 16.1. The van der Waals surface area contributed by atoms with Gasteiger partial charge in [-0.3, -0.25) is 4.79 Å². The molecule has 0 spiro atoms. The van der Waals surface area contributed by atoms with E-state index in [0.29, 0.717) is 30.0 Å². The highest BCUT2D eigenvalue weighted by Crippen LogP contribution is 2.33. The third-order valence-corrected chi connectivity index (χ3v) is 4.06. The standard InChI is InChI=1S/C16H21NO5/c1-21-13-8-7-10(9-14(13)22-2)17-15(18)11-5-3-4-6-12(11)16(19)20/h7-9,11-12H,3-6H2,1-2H3,(H,17,18)(H,19,20)/p-1/t11-,12+/m0/s1. The van der Waals surface area contributed by atoms with Gasteiger partial charge in [0.25, 0.3) is 0 Å². The summed E-state index contributed by atoms with van der Waals surface area (Å²) in [5.74, 6) is -1.64. The highest BCUT2D eigenvalue weighted by atomic mass is 16.5. The van der Waals surface area contributed by atoms with Gasteiger partial charge in [0, 0.05) is 29.6 Å². The summed E-state index contributed by atoms with van der Waals surface area (Å²) < 4.78 is 10.3. The summed E-state index contributed by atoms with van der Waals surface area (Å²) in [6, 6.07) is 5.02. The molecule has 6 nitrogen and oxygen atoms in total. The minimum atomic E-state index is -1.15. The average molecular weight is 306 g/mol. The number of hydrogen-bond acceptors (Lipinski definition) is 5. The number of nitrogens with one attached hydrogen (secondary N) is 1. The lowest BCUT2D eigenvalue weighted by molar-refractivity contribution is -0.313. The van der Waals surface area contributed by atoms with Gasteiger partial charge in [0.1, 0.15) is 0 Å². The molecule has 1 aliphatic rings. The molecule has 1 fully saturated rings. The number of ether oxygens (including phenoxy) is 2. The molecule has 0 aliphatic heterocycles. The van der Waals surface area contributed by atoms with Crippen molar-refractivity contribution in [3.63, 3.8) is 0 Å². The normalized spacial score (nSPS) is 21.0. The van der Waals surface area contributed by atoms with Crippen molar-refractivity contribution in [1.82, 2.24) is 0 Å². The van der Waals surface area contributed by atoms with E-state index in [0.717, 1.165) is 12.8 Å². The molecular formula is C16H20NO5-. The molecule has 22 heavy (non-hydrogen) atoms. The van der Waals surface area contributed by atoms with Crippen LogP contribution < -0.4 is 19.9 Å². The number of hydrogen-bond donors (Lipinski definition) is 1. The van der Waals surface area contributed by atoms with Crippen molar-refractivity contribution in [3.05, 3.63) is 18.2 Å². The van der Waals surface area contributed by atoms with E-state index in [-0.39, 0.29) is 5.91 Å². The highest BCUT2D eigenvalue weighted by molar-refractivity contribution is 5.95. The zero-order valence-electron chi connectivity index (χ0n) is 12.8. The summed E-state index contributed by atoms with van der Waals surface area (Å²) >= 11 is 0. The third-order valence-electron chi connectivity index (χ3n) is 4.06. The Morgan fingerprint density at radius 3 is 2.32 bits per heavy atom. The van der Waals surface area contributed by atoms with Crippen LogP contribution in [0.3, 0.4) is 0 Å². The van der Waals surface area contributed by atoms with Gasteiger partial charge < -0.3 is 24.7 Å². The molecule has 1 aromatic rings. The first-order valence-corrected chi connectivity index (χ1v) is 7.30. The number of amides is 1. The van der Waals surface area contributed by atoms with E-state index in [2.05, 4.69) is 5.32 Å². The fourth-order valence-electron chi connectivity index (χ4n) is 2.88. The molecule has 0 aromatic heterocycles. The van der Waals surface area contributed by atoms with Crippen molar-refractivity contribution >= 4 is 17.6 Å². The third kappa shape index (κ3) is 3.50. The fourth-order valence-corrected chi connectivity index (χ4v) is 2.88. The molecular weight excluding hydrogens is 286 g/mol. The van der Waals surface area contributed by atoms with Gasteiger partial charge in [-0.25, -0.2) is 0 Å². The van der Waals surface area contributed by atoms with Gasteiger partial charge in [-0.05, 0) is 25.0 Å². The second-order valence-electron chi connectivity index (χ2n) is 5.38. The molecule has 1 aromatic carbocycles. The van der Waals surface area contributed by atoms with Crippen LogP contribution in [0.5, 0.6) is 11.5 Å². The van der Waals surface area contributed by atoms with E-state index in [4.69, 9.17) is 9.47 Å². The molecule has 120 valence electrons. The quantitative estimate of drug-likeness (QED) is 0.883. The Bertz CT molecular complexity index is 557. The van der Waals surface area contributed by atoms with Crippen molar-refractivity contribution in [2.75, 3.05) is 19.5 Å². The first-order chi connectivity index (χ1) is 10.6. The summed E-state index contributed by atoms with van der Waals surface area (Å²) in [7, 11) is 3.04. The summed E-state index contributed by atoms with van der Waals surface area (Å²) in [6.45, 7) is 0. The molecule has 1 N–H and O–H groups in total. The number of carbonyl (C=O) groups excluding carboxylic acids is 2. The summed E-state index contributed by atoms with van der Waals surface area (Å²) in [5.41, 5.74) is 0.547. The molecule has 0 radical (unpaired) electrons. The van der Waals surface area contributed by atoms with Crippen LogP contribution in [0.4, 0.5) is 5.69 Å². The van der Waals surface area contributed by atoms with Gasteiger partial charge in [-0.1, -0.05) is 12.8 Å². The smallest absolute Gasteiger partial charge is 0.228 e. The minimum Gasteiger partial charge on any atom is -0.550 e. The Balaban J connectivity index is 2.12. The van der Waals surface area contributed by atoms with Crippen LogP contribution in [-0.2, 0) is 9.59 Å². The lowest BCUT2D eigenvalue weighted by Gasteiger charge is -2.31. The molecule has 1 saturated carbocycles. The van der Waals surface area contributed by atoms with E-state index < -0.39 is 17.8 Å². The lowest BCUT2D eigenvalue weighted by atomic mass is 9.78. The van der Waals surface area contributed by atoms with E-state index in [1.165, 1.54) is 14.2 Å². The van der Waals surface area contributed by atoms with Crippen LogP contribution in [0.1, 0.15) is 25.7 Å². The maximum atomic E-state index is 12.4. The summed E-state index contributed by atoms with van der Waals surface area (Å²) in [4.78, 5) is 23.5. The van der Waals surface area contributed by atoms with Gasteiger partial charge in [-0.15, -0.1) is 0 Å². The minimum absolute atomic E-state index is 0.291. The van der Waals surface area contributed by atoms with E-state index >= 15 is 0 Å². The van der Waals surface area contributed by atoms with Gasteiger partial charge in [0.2, 0.25) is 5.91 Å². The molecule has 0 unspecified atom stereocenters. The van der Waals surface area contributed by atoms with Crippen molar-refractivity contribution < 1.29 is 24.2 Å². The van der Waals surface area contributed by atoms with Crippen molar-refractivity contribution in [2.24, 2.45) is 11.8 Å². The Labute approximate surface area is 129 Å². The topological polar surface area (TPSA) is 87.7 Å². The molecule has 1 amide bonds. The molecule has 0 saturated heterocycles. The van der Waals surface area contributed by atoms with Crippen molar-refractivity contribution in [1.29, 1.82) is 0 Å². The lowest BCUT2D eigenvalue weighted by Crippen LogP contribution is -2.42. The van der Waals surface area contributed by atoms with Crippen LogP contribution in [0, 0.1) is 11.8 Å². The number of carbonyl (C=O) groups is 2. The number of benzene rings is 1. The zero-order chi connectivity index (χ0) is 16.1. The van der Waals surface area contributed by atoms with Crippen LogP contribution in [0.25, 0.3) is 0 Å². The fraction of sp³-hybridized carbons (Fsp3) is 0.500. The molecule has 2 atom stereocenters. The molecule has 2 rings (SSSR count). The molecule has 0 heterocycles. The van der Waals surface area contributed by atoms with Crippen LogP contribution in [0.15, 0.2) is 18.2 Å². The average Bonchev–Trinajstić information content (AvgIpc) is 2.54. The molecule has 1 aliphatic carbocycles. The summed E-state index contributed by atoms with van der Waals surface area (Å²) in [5, 5.41) is 13.9. The first-order valence-electron chi connectivity index (χ1n) is 7.30. The maximum absolute atomic E-state index is 12.4. The van der Waals surface area contributed by atoms with Gasteiger partial charge in [-0.2, -0.15) is 0 Å². The Morgan fingerprint density at radius 1 is 1.09 bits per heavy atom.